The molecule has 0 bridgehead atoms. The van der Waals surface area contributed by atoms with Crippen LogP contribution in [0.2, 0.25) is 0 Å². The second-order valence-electron chi connectivity index (χ2n) is 4.30. The topological polar surface area (TPSA) is 81.4 Å². The normalized spacial score (nSPS) is 12.6. The number of methoxy groups -OCH3 is 1. The lowest BCUT2D eigenvalue weighted by Crippen LogP contribution is -2.38. The molecule has 2 aromatic rings. The lowest BCUT2D eigenvalue weighted by atomic mass is 10.2. The van der Waals surface area contributed by atoms with Crippen LogP contribution in [0.1, 0.15) is 29.7 Å². The highest BCUT2D eigenvalue weighted by Gasteiger charge is 2.18. The van der Waals surface area contributed by atoms with Crippen LogP contribution in [-0.4, -0.2) is 45.2 Å². The van der Waals surface area contributed by atoms with Crippen LogP contribution in [0.3, 0.4) is 0 Å². The summed E-state index contributed by atoms with van der Waals surface area (Å²) in [5, 5.41) is 10.6. The van der Waals surface area contributed by atoms with Gasteiger partial charge in [0.15, 0.2) is 0 Å². The molecule has 0 radical (unpaired) electrons. The van der Waals surface area contributed by atoms with Gasteiger partial charge in [0.2, 0.25) is 5.82 Å². The first-order valence-corrected chi connectivity index (χ1v) is 6.14. The number of carbonyl (C=O) groups is 1. The Labute approximate surface area is 111 Å². The van der Waals surface area contributed by atoms with E-state index in [0.717, 1.165) is 12.1 Å². The molecule has 0 aliphatic rings. The van der Waals surface area contributed by atoms with Crippen LogP contribution >= 0.6 is 0 Å². The monoisotopic (exact) mass is 263 g/mol. The van der Waals surface area contributed by atoms with E-state index in [9.17, 15) is 4.79 Å². The molecule has 0 spiro atoms. The summed E-state index contributed by atoms with van der Waals surface area (Å²) < 4.78 is 6.62. The number of hydrogen-bond donors (Lipinski definition) is 1. The molecular formula is C12H17N5O2. The first-order valence-electron chi connectivity index (χ1n) is 6.14. The molecule has 0 unspecified atom stereocenters. The van der Waals surface area contributed by atoms with Gasteiger partial charge in [-0.25, -0.2) is 4.98 Å². The fourth-order valence-corrected chi connectivity index (χ4v) is 1.74. The average Bonchev–Trinajstić information content (AvgIpc) is 2.80. The maximum atomic E-state index is 12.1. The smallest absolute Gasteiger partial charge is 0.289 e. The Morgan fingerprint density at radius 1 is 1.53 bits per heavy atom. The molecule has 0 fully saturated rings. The predicted molar refractivity (Wildman–Crippen MR) is 68.9 cm³/mol. The summed E-state index contributed by atoms with van der Waals surface area (Å²) in [7, 11) is 1.61. The highest BCUT2D eigenvalue weighted by molar-refractivity contribution is 5.91. The SMILES string of the molecule is CC[C@@H](COC)NC(=O)c1nnc2nc(C)ccn12. The zero-order valence-corrected chi connectivity index (χ0v) is 11.3. The van der Waals surface area contributed by atoms with Crippen LogP contribution in [0.25, 0.3) is 5.78 Å². The Balaban J connectivity index is 2.21. The van der Waals surface area contributed by atoms with Crippen molar-refractivity contribution >= 4 is 11.7 Å². The molecule has 0 saturated heterocycles. The fourth-order valence-electron chi connectivity index (χ4n) is 1.74. The van der Waals surface area contributed by atoms with Crippen LogP contribution in [0.4, 0.5) is 0 Å². The molecule has 7 heteroatoms. The number of nitrogens with one attached hydrogen (secondary N) is 1. The van der Waals surface area contributed by atoms with Gasteiger partial charge in [0.25, 0.3) is 11.7 Å². The summed E-state index contributed by atoms with van der Waals surface area (Å²) in [6, 6.07) is 1.77. The summed E-state index contributed by atoms with van der Waals surface area (Å²) in [4.78, 5) is 16.3. The van der Waals surface area contributed by atoms with Crippen molar-refractivity contribution < 1.29 is 9.53 Å². The van der Waals surface area contributed by atoms with Crippen molar-refractivity contribution in [1.82, 2.24) is 24.9 Å². The fraction of sp³-hybridized carbons (Fsp3) is 0.500. The standard InChI is InChI=1S/C12H17N5O2/c1-4-9(7-19-3)14-11(18)10-15-16-12-13-8(2)5-6-17(10)12/h5-6,9H,4,7H2,1-3H3,(H,14,18)/t9-/m0/s1. The lowest BCUT2D eigenvalue weighted by molar-refractivity contribution is 0.0883. The van der Waals surface area contributed by atoms with Gasteiger partial charge in [0.1, 0.15) is 0 Å². The van der Waals surface area contributed by atoms with E-state index in [0.29, 0.717) is 12.4 Å². The molecule has 7 nitrogen and oxygen atoms in total. The Kier molecular flexibility index (Phi) is 4.06. The van der Waals surface area contributed by atoms with Crippen LogP contribution in [-0.2, 0) is 4.74 Å². The first kappa shape index (κ1) is 13.4. The molecule has 102 valence electrons. The third-order valence-corrected chi connectivity index (χ3v) is 2.82. The van der Waals surface area contributed by atoms with Gasteiger partial charge in [-0.1, -0.05) is 6.92 Å². The van der Waals surface area contributed by atoms with Gasteiger partial charge in [-0.15, -0.1) is 10.2 Å². The van der Waals surface area contributed by atoms with Gasteiger partial charge >= 0.3 is 0 Å². The molecule has 2 rings (SSSR count). The number of nitrogens with zero attached hydrogens (tertiary/aromatic N) is 4. The minimum absolute atomic E-state index is 0.0387. The number of carbonyl (C=O) groups excluding carboxylic acids is 1. The third kappa shape index (κ3) is 2.87. The van der Waals surface area contributed by atoms with Crippen molar-refractivity contribution in [1.29, 1.82) is 0 Å². The van der Waals surface area contributed by atoms with Gasteiger partial charge in [-0.3, -0.25) is 9.20 Å². The van der Waals surface area contributed by atoms with Gasteiger partial charge in [0, 0.05) is 19.0 Å². The van der Waals surface area contributed by atoms with Crippen LogP contribution in [0.5, 0.6) is 0 Å². The van der Waals surface area contributed by atoms with E-state index >= 15 is 0 Å². The van der Waals surface area contributed by atoms with Crippen molar-refractivity contribution in [3.05, 3.63) is 23.8 Å². The average molecular weight is 263 g/mol. The summed E-state index contributed by atoms with van der Waals surface area (Å²) in [6.07, 6.45) is 2.53. The molecule has 0 aromatic carbocycles. The molecule has 0 saturated carbocycles. The second kappa shape index (κ2) is 5.75. The van der Waals surface area contributed by atoms with E-state index in [-0.39, 0.29) is 17.8 Å². The number of rotatable bonds is 5. The molecule has 2 heterocycles. The largest absolute Gasteiger partial charge is 0.383 e. The van der Waals surface area contributed by atoms with Crippen LogP contribution < -0.4 is 5.32 Å². The maximum Gasteiger partial charge on any atom is 0.289 e. The summed E-state index contributed by atoms with van der Waals surface area (Å²) in [6.45, 7) is 4.31. The van der Waals surface area contributed by atoms with Gasteiger partial charge in [-0.2, -0.15) is 0 Å². The highest BCUT2D eigenvalue weighted by atomic mass is 16.5. The maximum absolute atomic E-state index is 12.1. The van der Waals surface area contributed by atoms with Crippen LogP contribution in [0.15, 0.2) is 12.3 Å². The van der Waals surface area contributed by atoms with Crippen molar-refractivity contribution in [2.75, 3.05) is 13.7 Å². The van der Waals surface area contributed by atoms with Gasteiger partial charge < -0.3 is 10.1 Å². The first-order chi connectivity index (χ1) is 9.15. The van der Waals surface area contributed by atoms with E-state index in [1.807, 2.05) is 13.8 Å². The highest BCUT2D eigenvalue weighted by Crippen LogP contribution is 2.03. The van der Waals surface area contributed by atoms with Crippen molar-refractivity contribution in [3.63, 3.8) is 0 Å². The van der Waals surface area contributed by atoms with Gasteiger partial charge in [0.05, 0.1) is 12.6 Å². The number of aryl methyl sites for hydroxylation is 1. The number of amides is 1. The Bertz CT molecular complexity index is 581. The molecule has 19 heavy (non-hydrogen) atoms. The molecule has 2 aromatic heterocycles. The van der Waals surface area contributed by atoms with Crippen molar-refractivity contribution in [3.8, 4) is 0 Å². The molecule has 0 aliphatic carbocycles. The summed E-state index contributed by atoms with van der Waals surface area (Å²) >= 11 is 0. The quantitative estimate of drug-likeness (QED) is 0.853. The predicted octanol–water partition coefficient (Wildman–Crippen LogP) is 0.588. The van der Waals surface area contributed by atoms with E-state index in [2.05, 4.69) is 20.5 Å². The zero-order chi connectivity index (χ0) is 13.8. The van der Waals surface area contributed by atoms with Crippen molar-refractivity contribution in [2.45, 2.75) is 26.3 Å². The molecule has 0 aliphatic heterocycles. The zero-order valence-electron chi connectivity index (χ0n) is 11.3. The number of ether oxygens (including phenoxy) is 1. The summed E-state index contributed by atoms with van der Waals surface area (Å²) in [5.41, 5.74) is 0.831. The molecule has 1 amide bonds. The minimum Gasteiger partial charge on any atom is -0.383 e. The molecular weight excluding hydrogens is 246 g/mol. The van der Waals surface area contributed by atoms with Crippen LogP contribution in [0, 0.1) is 6.92 Å². The van der Waals surface area contributed by atoms with Gasteiger partial charge in [-0.05, 0) is 19.4 Å². The number of fused-ring (bicyclic) bond motifs is 1. The molecule has 1 atom stereocenters. The Morgan fingerprint density at radius 2 is 2.32 bits per heavy atom. The minimum atomic E-state index is -0.276. The Morgan fingerprint density at radius 3 is 3.00 bits per heavy atom. The van der Waals surface area contributed by atoms with E-state index in [4.69, 9.17) is 4.74 Å². The Hall–Kier alpha value is -2.02. The van der Waals surface area contributed by atoms with Crippen molar-refractivity contribution in [2.24, 2.45) is 0 Å². The number of aromatic nitrogens is 4. The van der Waals surface area contributed by atoms with E-state index < -0.39 is 0 Å². The van der Waals surface area contributed by atoms with E-state index in [1.54, 1.807) is 23.8 Å². The third-order valence-electron chi connectivity index (χ3n) is 2.82. The summed E-state index contributed by atoms with van der Waals surface area (Å²) in [5.74, 6) is 0.379. The second-order valence-corrected chi connectivity index (χ2v) is 4.30. The lowest BCUT2D eigenvalue weighted by Gasteiger charge is -2.14. The van der Waals surface area contributed by atoms with E-state index in [1.165, 1.54) is 0 Å². The molecule has 1 N–H and O–H groups in total. The number of hydrogen-bond acceptors (Lipinski definition) is 5.